The van der Waals surface area contributed by atoms with Crippen molar-refractivity contribution in [2.45, 2.75) is 25.8 Å². The van der Waals surface area contributed by atoms with Crippen LogP contribution in [-0.4, -0.2) is 30.9 Å². The van der Waals surface area contributed by atoms with Gasteiger partial charge in [-0.25, -0.2) is 4.39 Å². The molecule has 3 rings (SSSR count). The molecule has 0 aliphatic carbocycles. The second-order valence-electron chi connectivity index (χ2n) is 6.10. The average Bonchev–Trinajstić information content (AvgIpc) is 2.96. The van der Waals surface area contributed by atoms with E-state index in [1.807, 2.05) is 6.92 Å². The zero-order valence-electron chi connectivity index (χ0n) is 14.3. The number of benzene rings is 1. The van der Waals surface area contributed by atoms with Gasteiger partial charge >= 0.3 is 0 Å². The third-order valence-corrected chi connectivity index (χ3v) is 5.23. The summed E-state index contributed by atoms with van der Waals surface area (Å²) in [6.45, 7) is 3.60. The van der Waals surface area contributed by atoms with Gasteiger partial charge in [-0.1, -0.05) is 6.07 Å². The lowest BCUT2D eigenvalue weighted by Gasteiger charge is -2.23. The van der Waals surface area contributed by atoms with Crippen LogP contribution in [0.25, 0.3) is 0 Å². The highest BCUT2D eigenvalue weighted by Crippen LogP contribution is 2.27. The van der Waals surface area contributed by atoms with E-state index in [4.69, 9.17) is 0 Å². The molecule has 1 fully saturated rings. The van der Waals surface area contributed by atoms with Crippen molar-refractivity contribution in [2.75, 3.05) is 18.4 Å². The lowest BCUT2D eigenvalue weighted by atomic mass is 10.1. The van der Waals surface area contributed by atoms with Gasteiger partial charge in [0.1, 0.15) is 5.82 Å². The Morgan fingerprint density at radius 2 is 2.08 bits per heavy atom. The first-order valence-electron chi connectivity index (χ1n) is 8.22. The number of amides is 2. The minimum atomic E-state index is -0.462. The summed E-state index contributed by atoms with van der Waals surface area (Å²) in [5.41, 5.74) is 1.05. The molecular weight excluding hydrogens is 377 g/mol. The van der Waals surface area contributed by atoms with Crippen molar-refractivity contribution in [2.24, 2.45) is 0 Å². The van der Waals surface area contributed by atoms with Gasteiger partial charge in [-0.2, -0.15) is 0 Å². The predicted molar refractivity (Wildman–Crippen MR) is 104 cm³/mol. The summed E-state index contributed by atoms with van der Waals surface area (Å²) < 4.78 is 13.2. The fourth-order valence-corrected chi connectivity index (χ4v) is 3.78. The van der Waals surface area contributed by atoms with Gasteiger partial charge in [-0.3, -0.25) is 9.59 Å². The normalized spacial score (nSPS) is 16.5. The quantitative estimate of drug-likeness (QED) is 0.741. The second-order valence-corrected chi connectivity index (χ2v) is 7.16. The number of halogens is 2. The van der Waals surface area contributed by atoms with Crippen LogP contribution in [0.2, 0.25) is 0 Å². The Hall–Kier alpha value is -1.96. The second kappa shape index (κ2) is 9.12. The van der Waals surface area contributed by atoms with Crippen molar-refractivity contribution in [3.8, 4) is 0 Å². The van der Waals surface area contributed by atoms with E-state index in [0.717, 1.165) is 31.5 Å². The summed E-state index contributed by atoms with van der Waals surface area (Å²) >= 11 is 1.23. The maximum atomic E-state index is 13.2. The van der Waals surface area contributed by atoms with Gasteiger partial charge in [0, 0.05) is 18.2 Å². The number of carbonyl (C=O) groups excluding carboxylic acids is 2. The monoisotopic (exact) mass is 397 g/mol. The van der Waals surface area contributed by atoms with Crippen LogP contribution in [0.15, 0.2) is 30.3 Å². The molecule has 2 amide bonds. The van der Waals surface area contributed by atoms with E-state index in [1.165, 1.54) is 29.5 Å². The molecule has 1 unspecified atom stereocenters. The molecule has 1 aromatic heterocycles. The van der Waals surface area contributed by atoms with E-state index in [2.05, 4.69) is 16.0 Å². The molecule has 2 heterocycles. The van der Waals surface area contributed by atoms with Crippen molar-refractivity contribution < 1.29 is 14.0 Å². The minimum Gasteiger partial charge on any atom is -0.347 e. The smallest absolute Gasteiger partial charge is 0.261 e. The van der Waals surface area contributed by atoms with Gasteiger partial charge in [0.15, 0.2) is 0 Å². The number of anilines is 1. The Labute approximate surface area is 161 Å². The number of rotatable bonds is 4. The molecule has 3 N–H and O–H groups in total. The highest BCUT2D eigenvalue weighted by Gasteiger charge is 2.20. The number of thiophene rings is 1. The van der Waals surface area contributed by atoms with E-state index >= 15 is 0 Å². The Bertz CT molecular complexity index is 790. The number of piperidine rings is 1. The first-order chi connectivity index (χ1) is 12.0. The van der Waals surface area contributed by atoms with Crippen LogP contribution in [-0.2, 0) is 0 Å². The third-order valence-electron chi connectivity index (χ3n) is 4.08. The van der Waals surface area contributed by atoms with E-state index in [0.29, 0.717) is 9.88 Å². The molecule has 26 heavy (non-hydrogen) atoms. The summed E-state index contributed by atoms with van der Waals surface area (Å²) in [7, 11) is 0. The predicted octanol–water partition coefficient (Wildman–Crippen LogP) is 3.35. The van der Waals surface area contributed by atoms with E-state index in [1.54, 1.807) is 12.1 Å². The lowest BCUT2D eigenvalue weighted by molar-refractivity contribution is 0.0933. The fraction of sp³-hybridized carbons (Fsp3) is 0.333. The van der Waals surface area contributed by atoms with Crippen LogP contribution in [0, 0.1) is 12.7 Å². The maximum Gasteiger partial charge on any atom is 0.261 e. The summed E-state index contributed by atoms with van der Waals surface area (Å²) in [5, 5.41) is 9.58. The average molecular weight is 398 g/mol. The number of aryl methyl sites for hydroxylation is 1. The molecule has 1 aliphatic rings. The fourth-order valence-electron chi connectivity index (χ4n) is 2.81. The van der Waals surface area contributed by atoms with Gasteiger partial charge < -0.3 is 16.0 Å². The Morgan fingerprint density at radius 3 is 2.77 bits per heavy atom. The molecule has 5 nitrogen and oxygen atoms in total. The van der Waals surface area contributed by atoms with E-state index < -0.39 is 11.7 Å². The molecule has 1 atom stereocenters. The van der Waals surface area contributed by atoms with E-state index in [-0.39, 0.29) is 29.9 Å². The maximum absolute atomic E-state index is 13.2. The molecule has 140 valence electrons. The van der Waals surface area contributed by atoms with Crippen molar-refractivity contribution in [3.05, 3.63) is 52.2 Å². The van der Waals surface area contributed by atoms with Gasteiger partial charge in [0.25, 0.3) is 11.8 Å². The Balaban J connectivity index is 0.00000243. The molecule has 0 saturated carbocycles. The summed E-state index contributed by atoms with van der Waals surface area (Å²) in [6, 6.07) is 7.39. The van der Waals surface area contributed by atoms with Crippen molar-refractivity contribution in [1.82, 2.24) is 10.6 Å². The Morgan fingerprint density at radius 1 is 1.27 bits per heavy atom. The van der Waals surface area contributed by atoms with Crippen LogP contribution >= 0.6 is 23.7 Å². The number of hydrogen-bond donors (Lipinski definition) is 3. The minimum absolute atomic E-state index is 0. The van der Waals surface area contributed by atoms with Gasteiger partial charge in [-0.05, 0) is 56.1 Å². The Kier molecular flexibility index (Phi) is 7.14. The van der Waals surface area contributed by atoms with Crippen LogP contribution < -0.4 is 16.0 Å². The summed E-state index contributed by atoms with van der Waals surface area (Å²) in [4.78, 5) is 25.2. The first kappa shape index (κ1) is 20.4. The SMILES string of the molecule is Cc1cc(NC(=O)c2cccc(F)c2)sc1C(=O)NC1CCCNC1.Cl. The summed E-state index contributed by atoms with van der Waals surface area (Å²) in [6.07, 6.45) is 2.01. The molecule has 8 heteroatoms. The molecule has 0 bridgehead atoms. The largest absolute Gasteiger partial charge is 0.347 e. The lowest BCUT2D eigenvalue weighted by Crippen LogP contribution is -2.45. The van der Waals surface area contributed by atoms with Crippen molar-refractivity contribution in [3.63, 3.8) is 0 Å². The van der Waals surface area contributed by atoms with Crippen LogP contribution in [0.5, 0.6) is 0 Å². The molecule has 0 radical (unpaired) electrons. The van der Waals surface area contributed by atoms with Gasteiger partial charge in [0.2, 0.25) is 0 Å². The van der Waals surface area contributed by atoms with Crippen molar-refractivity contribution >= 4 is 40.6 Å². The highest BCUT2D eigenvalue weighted by atomic mass is 35.5. The number of carbonyl (C=O) groups is 2. The van der Waals surface area contributed by atoms with Gasteiger partial charge in [0.05, 0.1) is 9.88 Å². The number of nitrogens with one attached hydrogen (secondary N) is 3. The van der Waals surface area contributed by atoms with Gasteiger partial charge in [-0.15, -0.1) is 23.7 Å². The summed E-state index contributed by atoms with van der Waals surface area (Å²) in [5.74, 6) is -0.984. The zero-order valence-corrected chi connectivity index (χ0v) is 15.9. The number of hydrogen-bond acceptors (Lipinski definition) is 4. The van der Waals surface area contributed by atoms with Crippen molar-refractivity contribution in [1.29, 1.82) is 0 Å². The zero-order chi connectivity index (χ0) is 17.8. The van der Waals surface area contributed by atoms with Crippen LogP contribution in [0.3, 0.4) is 0 Å². The molecular formula is C18H21ClFN3O2S. The van der Waals surface area contributed by atoms with Crippen LogP contribution in [0.4, 0.5) is 9.39 Å². The molecule has 1 aromatic carbocycles. The molecule has 1 saturated heterocycles. The third kappa shape index (κ3) is 5.03. The standard InChI is InChI=1S/C18H20FN3O2S.ClH/c1-11-8-15(22-17(23)12-4-2-5-13(19)9-12)25-16(11)18(24)21-14-6-3-7-20-10-14;/h2,4-5,8-9,14,20H,3,6-7,10H2,1H3,(H,21,24)(H,22,23);1H. The van der Waals surface area contributed by atoms with Crippen LogP contribution in [0.1, 0.15) is 38.4 Å². The molecule has 0 spiro atoms. The molecule has 2 aromatic rings. The highest BCUT2D eigenvalue weighted by molar-refractivity contribution is 7.18. The first-order valence-corrected chi connectivity index (χ1v) is 9.03. The topological polar surface area (TPSA) is 70.2 Å². The van der Waals surface area contributed by atoms with E-state index in [9.17, 15) is 14.0 Å². The molecule has 1 aliphatic heterocycles.